The van der Waals surface area contributed by atoms with E-state index in [9.17, 15) is 17.6 Å². The highest BCUT2D eigenvalue weighted by Gasteiger charge is 2.25. The summed E-state index contributed by atoms with van der Waals surface area (Å²) >= 11 is 0. The molecule has 0 aliphatic rings. The highest BCUT2D eigenvalue weighted by atomic mass is 32.2. The first-order valence-electron chi connectivity index (χ1n) is 7.60. The molecular formula is C18H20FNO3S. The van der Waals surface area contributed by atoms with Gasteiger partial charge in [-0.1, -0.05) is 30.3 Å². The SMILES string of the molecule is CC(C)N(C(=O)CS(=O)(=O)Cc1ccc(F)cc1)c1ccccc1. The molecule has 0 saturated heterocycles. The molecule has 0 aliphatic carbocycles. The van der Waals surface area contributed by atoms with Crippen molar-refractivity contribution in [2.75, 3.05) is 10.7 Å². The normalized spacial score (nSPS) is 11.5. The van der Waals surface area contributed by atoms with Crippen LogP contribution >= 0.6 is 0 Å². The van der Waals surface area contributed by atoms with Gasteiger partial charge in [-0.3, -0.25) is 4.79 Å². The predicted octanol–water partition coefficient (Wildman–Crippen LogP) is 3.18. The van der Waals surface area contributed by atoms with Crippen LogP contribution in [0, 0.1) is 5.82 Å². The summed E-state index contributed by atoms with van der Waals surface area (Å²) < 4.78 is 37.5. The van der Waals surface area contributed by atoms with Gasteiger partial charge in [-0.15, -0.1) is 0 Å². The topological polar surface area (TPSA) is 54.5 Å². The molecule has 0 bridgehead atoms. The van der Waals surface area contributed by atoms with Crippen molar-refractivity contribution in [3.05, 3.63) is 66.0 Å². The van der Waals surface area contributed by atoms with E-state index in [1.165, 1.54) is 29.2 Å². The molecule has 0 aromatic heterocycles. The van der Waals surface area contributed by atoms with Crippen molar-refractivity contribution in [2.45, 2.75) is 25.6 Å². The largest absolute Gasteiger partial charge is 0.309 e. The predicted molar refractivity (Wildman–Crippen MR) is 93.0 cm³/mol. The third-order valence-electron chi connectivity index (χ3n) is 3.46. The molecule has 2 aromatic rings. The van der Waals surface area contributed by atoms with Gasteiger partial charge in [-0.05, 0) is 43.7 Å². The number of hydrogen-bond donors (Lipinski definition) is 0. The van der Waals surface area contributed by atoms with Gasteiger partial charge in [0.1, 0.15) is 11.6 Å². The first kappa shape index (κ1) is 18.1. The van der Waals surface area contributed by atoms with Crippen molar-refractivity contribution < 1.29 is 17.6 Å². The van der Waals surface area contributed by atoms with Crippen molar-refractivity contribution >= 4 is 21.4 Å². The Bertz CT molecular complexity index is 787. The maximum Gasteiger partial charge on any atom is 0.242 e. The summed E-state index contributed by atoms with van der Waals surface area (Å²) in [5.74, 6) is -1.78. The third kappa shape index (κ3) is 4.89. The van der Waals surface area contributed by atoms with Crippen LogP contribution in [-0.2, 0) is 20.4 Å². The van der Waals surface area contributed by atoms with Crippen molar-refractivity contribution in [2.24, 2.45) is 0 Å². The van der Waals surface area contributed by atoms with Gasteiger partial charge in [0.2, 0.25) is 5.91 Å². The number of benzene rings is 2. The van der Waals surface area contributed by atoms with Crippen LogP contribution in [0.5, 0.6) is 0 Å². The van der Waals surface area contributed by atoms with Gasteiger partial charge in [0, 0.05) is 11.7 Å². The zero-order valence-electron chi connectivity index (χ0n) is 13.6. The number of hydrogen-bond acceptors (Lipinski definition) is 3. The fourth-order valence-corrected chi connectivity index (χ4v) is 3.78. The Labute approximate surface area is 141 Å². The van der Waals surface area contributed by atoms with Crippen LogP contribution in [0.15, 0.2) is 54.6 Å². The van der Waals surface area contributed by atoms with Gasteiger partial charge in [0.15, 0.2) is 9.84 Å². The van der Waals surface area contributed by atoms with E-state index in [2.05, 4.69) is 0 Å². The molecular weight excluding hydrogens is 329 g/mol. The molecule has 4 nitrogen and oxygen atoms in total. The first-order valence-corrected chi connectivity index (χ1v) is 9.42. The number of halogens is 1. The summed E-state index contributed by atoms with van der Waals surface area (Å²) in [6.45, 7) is 3.66. The van der Waals surface area contributed by atoms with Gasteiger partial charge in [0.25, 0.3) is 0 Å². The fourth-order valence-electron chi connectivity index (χ4n) is 2.46. The van der Waals surface area contributed by atoms with Gasteiger partial charge in [-0.25, -0.2) is 12.8 Å². The zero-order valence-corrected chi connectivity index (χ0v) is 14.5. The monoisotopic (exact) mass is 349 g/mol. The minimum absolute atomic E-state index is 0.166. The molecule has 0 unspecified atom stereocenters. The molecule has 128 valence electrons. The van der Waals surface area contributed by atoms with Crippen LogP contribution in [0.3, 0.4) is 0 Å². The maximum absolute atomic E-state index is 12.9. The van der Waals surface area contributed by atoms with Crippen LogP contribution < -0.4 is 4.90 Å². The van der Waals surface area contributed by atoms with E-state index in [0.717, 1.165) is 0 Å². The minimum atomic E-state index is -3.65. The molecule has 0 atom stereocenters. The quantitative estimate of drug-likeness (QED) is 0.805. The molecule has 1 amide bonds. The lowest BCUT2D eigenvalue weighted by Crippen LogP contribution is -2.40. The van der Waals surface area contributed by atoms with Crippen LogP contribution in [0.25, 0.3) is 0 Å². The van der Waals surface area contributed by atoms with Crippen molar-refractivity contribution in [1.29, 1.82) is 0 Å². The summed E-state index contributed by atoms with van der Waals surface area (Å²) in [4.78, 5) is 14.0. The molecule has 6 heteroatoms. The maximum atomic E-state index is 12.9. The number of rotatable bonds is 6. The first-order chi connectivity index (χ1) is 11.3. The lowest BCUT2D eigenvalue weighted by Gasteiger charge is -2.26. The van der Waals surface area contributed by atoms with E-state index < -0.39 is 27.3 Å². The second kappa shape index (κ2) is 7.57. The van der Waals surface area contributed by atoms with E-state index in [-0.39, 0.29) is 11.8 Å². The average Bonchev–Trinajstić information content (AvgIpc) is 2.49. The molecule has 0 heterocycles. The van der Waals surface area contributed by atoms with Crippen molar-refractivity contribution in [1.82, 2.24) is 0 Å². The van der Waals surface area contributed by atoms with Gasteiger partial charge < -0.3 is 4.90 Å². The second-order valence-electron chi connectivity index (χ2n) is 5.85. The molecule has 0 aliphatic heterocycles. The summed E-state index contributed by atoms with van der Waals surface area (Å²) in [6, 6.07) is 14.0. The highest BCUT2D eigenvalue weighted by molar-refractivity contribution is 7.91. The number of carbonyl (C=O) groups is 1. The Hall–Kier alpha value is -2.21. The fraction of sp³-hybridized carbons (Fsp3) is 0.278. The van der Waals surface area contributed by atoms with Crippen LogP contribution in [0.2, 0.25) is 0 Å². The Kier molecular flexibility index (Phi) is 5.72. The van der Waals surface area contributed by atoms with E-state index >= 15 is 0 Å². The number of carbonyl (C=O) groups excluding carboxylic acids is 1. The average molecular weight is 349 g/mol. The molecule has 0 fully saturated rings. The molecule has 2 rings (SSSR count). The molecule has 0 saturated carbocycles. The van der Waals surface area contributed by atoms with Crippen LogP contribution in [0.4, 0.5) is 10.1 Å². The Balaban J connectivity index is 2.15. The molecule has 24 heavy (non-hydrogen) atoms. The highest BCUT2D eigenvalue weighted by Crippen LogP contribution is 2.18. The summed E-state index contributed by atoms with van der Waals surface area (Å²) in [6.07, 6.45) is 0. The van der Waals surface area contributed by atoms with Gasteiger partial charge >= 0.3 is 0 Å². The second-order valence-corrected chi connectivity index (χ2v) is 7.92. The van der Waals surface area contributed by atoms with Gasteiger partial charge in [-0.2, -0.15) is 0 Å². The number of nitrogens with zero attached hydrogens (tertiary/aromatic N) is 1. The van der Waals surface area contributed by atoms with Crippen LogP contribution in [-0.4, -0.2) is 26.1 Å². The van der Waals surface area contributed by atoms with Gasteiger partial charge in [0.05, 0.1) is 5.75 Å². The number of anilines is 1. The summed E-state index contributed by atoms with van der Waals surface area (Å²) in [7, 11) is -3.65. The Morgan fingerprint density at radius 3 is 2.17 bits per heavy atom. The lowest BCUT2D eigenvalue weighted by molar-refractivity contribution is -0.116. The molecule has 0 radical (unpaired) electrons. The summed E-state index contributed by atoms with van der Waals surface area (Å²) in [5, 5.41) is 0. The third-order valence-corrected chi connectivity index (χ3v) is 4.92. The molecule has 2 aromatic carbocycles. The molecule has 0 N–H and O–H groups in total. The number of sulfone groups is 1. The zero-order chi connectivity index (χ0) is 17.7. The van der Waals surface area contributed by atoms with Crippen molar-refractivity contribution in [3.63, 3.8) is 0 Å². The van der Waals surface area contributed by atoms with E-state index in [4.69, 9.17) is 0 Å². The van der Waals surface area contributed by atoms with Crippen LogP contribution in [0.1, 0.15) is 19.4 Å². The number of amides is 1. The standard InChI is InChI=1S/C18H20FNO3S/c1-14(2)20(17-6-4-3-5-7-17)18(21)13-24(22,23)12-15-8-10-16(19)11-9-15/h3-11,14H,12-13H2,1-2H3. The Morgan fingerprint density at radius 1 is 1.04 bits per heavy atom. The van der Waals surface area contributed by atoms with Crippen molar-refractivity contribution in [3.8, 4) is 0 Å². The Morgan fingerprint density at radius 2 is 1.62 bits per heavy atom. The minimum Gasteiger partial charge on any atom is -0.309 e. The number of para-hydroxylation sites is 1. The lowest BCUT2D eigenvalue weighted by atomic mass is 10.2. The van der Waals surface area contributed by atoms with E-state index in [1.54, 1.807) is 24.3 Å². The smallest absolute Gasteiger partial charge is 0.242 e. The van der Waals surface area contributed by atoms with E-state index in [1.807, 2.05) is 19.9 Å². The van der Waals surface area contributed by atoms with E-state index in [0.29, 0.717) is 11.3 Å². The summed E-state index contributed by atoms with van der Waals surface area (Å²) in [5.41, 5.74) is 1.12. The molecule has 0 spiro atoms.